The van der Waals surface area contributed by atoms with Gasteiger partial charge in [0.2, 0.25) is 6.10 Å². The summed E-state index contributed by atoms with van der Waals surface area (Å²) in [5.41, 5.74) is -0.727. The fourth-order valence-corrected chi connectivity index (χ4v) is 8.94. The smallest absolute Gasteiger partial charge is 0.347 e. The van der Waals surface area contributed by atoms with E-state index in [9.17, 15) is 24.0 Å². The van der Waals surface area contributed by atoms with Gasteiger partial charge in [0.05, 0.1) is 32.0 Å². The van der Waals surface area contributed by atoms with Gasteiger partial charge in [-0.15, -0.1) is 0 Å². The Morgan fingerprint density at radius 2 is 1.80 bits per heavy atom. The first-order valence-corrected chi connectivity index (χ1v) is 15.2. The number of furan rings is 1. The van der Waals surface area contributed by atoms with Gasteiger partial charge in [0.25, 0.3) is 0 Å². The molecule has 2 heterocycles. The van der Waals surface area contributed by atoms with Crippen LogP contribution in [-0.2, 0) is 42.9 Å². The van der Waals surface area contributed by atoms with Gasteiger partial charge >= 0.3 is 23.9 Å². The minimum atomic E-state index is -1.44. The number of ketones is 1. The molecule has 4 aliphatic rings. The van der Waals surface area contributed by atoms with Crippen molar-refractivity contribution in [3.8, 4) is 0 Å². The van der Waals surface area contributed by atoms with Gasteiger partial charge < -0.3 is 23.4 Å². The van der Waals surface area contributed by atoms with Crippen molar-refractivity contribution in [3.05, 3.63) is 47.5 Å². The zero-order valence-electron chi connectivity index (χ0n) is 26.6. The van der Waals surface area contributed by atoms with E-state index < -0.39 is 64.3 Å². The highest BCUT2D eigenvalue weighted by Gasteiger charge is 2.71. The first-order chi connectivity index (χ1) is 20.6. The van der Waals surface area contributed by atoms with Gasteiger partial charge in [-0.3, -0.25) is 14.4 Å². The van der Waals surface area contributed by atoms with E-state index in [1.807, 2.05) is 26.8 Å². The van der Waals surface area contributed by atoms with Crippen molar-refractivity contribution in [1.29, 1.82) is 0 Å². The molecule has 3 aliphatic carbocycles. The Morgan fingerprint density at radius 1 is 1.09 bits per heavy atom. The fraction of sp³-hybridized carbons (Fsp3) is 0.618. The number of hydrogen-bond donors (Lipinski definition) is 0. The van der Waals surface area contributed by atoms with Crippen LogP contribution in [0.4, 0.5) is 0 Å². The molecule has 44 heavy (non-hydrogen) atoms. The van der Waals surface area contributed by atoms with Crippen molar-refractivity contribution >= 4 is 29.7 Å². The molecule has 5 rings (SSSR count). The van der Waals surface area contributed by atoms with E-state index in [0.717, 1.165) is 11.1 Å². The Labute approximate surface area is 257 Å². The summed E-state index contributed by atoms with van der Waals surface area (Å²) in [5, 5.41) is 0. The Balaban J connectivity index is 1.72. The summed E-state index contributed by atoms with van der Waals surface area (Å²) in [7, 11) is 1.20. The summed E-state index contributed by atoms with van der Waals surface area (Å²) >= 11 is 0. The molecule has 0 N–H and O–H groups in total. The summed E-state index contributed by atoms with van der Waals surface area (Å²) in [6, 6.07) is 1.80. The normalized spacial score (nSPS) is 36.5. The largest absolute Gasteiger partial charge is 0.472 e. The van der Waals surface area contributed by atoms with Crippen molar-refractivity contribution in [3.63, 3.8) is 0 Å². The van der Waals surface area contributed by atoms with Crippen LogP contribution < -0.4 is 0 Å². The van der Waals surface area contributed by atoms with Gasteiger partial charge in [0.15, 0.2) is 0 Å². The number of ether oxygens (including phenoxy) is 4. The zero-order valence-corrected chi connectivity index (χ0v) is 26.6. The SMILES string of the molecule is C/C=C(/C)C(=O)O[C@@H]1[C@@H]2C=C3[C@@H]4CC(=O)O[C@@H](c5ccoc5)[C@]4(C)CC[C@@H]3[C@@](C)(C2=O)[C@@H]([C@@H](OC(C)=O)C(=O)OC)C1(C)C. The van der Waals surface area contributed by atoms with Gasteiger partial charge in [-0.2, -0.15) is 0 Å². The number of rotatable bonds is 6. The standard InChI is InChI=1S/C34H42O10/c1-9-17(2)30(38)44-29-21-14-20-22(10-12-33(6)23(20)15-24(36)43-28(33)19-11-13-41-16-19)34(7,27(21)37)26(32(29,4)5)25(31(39)40-8)42-18(3)35/h9,11,13-14,16,21-23,25-26,28-29H,10,12,15H2,1-8H3/b17-9-/t21-,22+,23+,25-,26+,28+,29-,33-,34-/m1/s1. The molecule has 10 heteroatoms. The second-order valence-electron chi connectivity index (χ2n) is 13.8. The molecule has 0 aromatic carbocycles. The lowest BCUT2D eigenvalue weighted by molar-refractivity contribution is -0.214. The summed E-state index contributed by atoms with van der Waals surface area (Å²) in [6.07, 6.45) is 4.99. The van der Waals surface area contributed by atoms with Gasteiger partial charge in [-0.05, 0) is 44.6 Å². The summed E-state index contributed by atoms with van der Waals surface area (Å²) < 4.78 is 28.2. The van der Waals surface area contributed by atoms with Crippen LogP contribution in [0.25, 0.3) is 0 Å². The molecule has 3 fully saturated rings. The van der Waals surface area contributed by atoms with Gasteiger partial charge in [0, 0.05) is 40.2 Å². The van der Waals surface area contributed by atoms with Crippen LogP contribution in [0.3, 0.4) is 0 Å². The average molecular weight is 611 g/mol. The molecule has 0 radical (unpaired) electrons. The number of methoxy groups -OCH3 is 1. The maximum Gasteiger partial charge on any atom is 0.347 e. The predicted molar refractivity (Wildman–Crippen MR) is 155 cm³/mol. The number of fused-ring (bicyclic) bond motifs is 6. The molecule has 0 unspecified atom stereocenters. The van der Waals surface area contributed by atoms with Gasteiger partial charge in [0.1, 0.15) is 18.0 Å². The first kappa shape index (κ1) is 31.7. The van der Waals surface area contributed by atoms with E-state index in [4.69, 9.17) is 23.4 Å². The van der Waals surface area contributed by atoms with E-state index in [-0.39, 0.29) is 30.0 Å². The predicted octanol–water partition coefficient (Wildman–Crippen LogP) is 5.07. The minimum absolute atomic E-state index is 0.116. The Morgan fingerprint density at radius 3 is 2.39 bits per heavy atom. The topological polar surface area (TPSA) is 135 Å². The van der Waals surface area contributed by atoms with E-state index >= 15 is 0 Å². The Kier molecular flexibility index (Phi) is 7.96. The Bertz CT molecular complexity index is 1430. The minimum Gasteiger partial charge on any atom is -0.472 e. The highest BCUT2D eigenvalue weighted by Crippen LogP contribution is 2.68. The molecule has 0 spiro atoms. The van der Waals surface area contributed by atoms with Crippen molar-refractivity contribution in [2.45, 2.75) is 86.0 Å². The average Bonchev–Trinajstić information content (AvgIpc) is 3.50. The Hall–Kier alpha value is -3.69. The monoisotopic (exact) mass is 610 g/mol. The number of allylic oxidation sites excluding steroid dienone is 2. The quantitative estimate of drug-likeness (QED) is 0.186. The lowest BCUT2D eigenvalue weighted by Crippen LogP contribution is -2.69. The van der Waals surface area contributed by atoms with Crippen LogP contribution >= 0.6 is 0 Å². The van der Waals surface area contributed by atoms with Crippen LogP contribution in [0.15, 0.2) is 46.3 Å². The van der Waals surface area contributed by atoms with Crippen LogP contribution in [0.5, 0.6) is 0 Å². The third kappa shape index (κ3) is 4.63. The molecule has 0 amide bonds. The molecule has 1 aromatic rings. The van der Waals surface area contributed by atoms with E-state index in [1.54, 1.807) is 38.5 Å². The van der Waals surface area contributed by atoms with Gasteiger partial charge in [-0.1, -0.05) is 45.4 Å². The molecule has 1 saturated heterocycles. The number of hydrogen-bond acceptors (Lipinski definition) is 10. The number of cyclic esters (lactones) is 1. The third-order valence-corrected chi connectivity index (χ3v) is 11.1. The molecular weight excluding hydrogens is 568 g/mol. The summed E-state index contributed by atoms with van der Waals surface area (Å²) in [5.74, 6) is -5.07. The molecule has 2 saturated carbocycles. The molecule has 9 atom stereocenters. The number of carbonyl (C=O) groups is 5. The van der Waals surface area contributed by atoms with Crippen LogP contribution in [0.2, 0.25) is 0 Å². The fourth-order valence-electron chi connectivity index (χ4n) is 8.94. The molecule has 2 bridgehead atoms. The van der Waals surface area contributed by atoms with E-state index in [1.165, 1.54) is 14.0 Å². The van der Waals surface area contributed by atoms with Gasteiger partial charge in [-0.25, -0.2) is 9.59 Å². The summed E-state index contributed by atoms with van der Waals surface area (Å²) in [6.45, 7) is 12.2. The number of carbonyl (C=O) groups excluding carboxylic acids is 5. The molecule has 238 valence electrons. The lowest BCUT2D eigenvalue weighted by Gasteiger charge is -2.64. The second-order valence-corrected chi connectivity index (χ2v) is 13.8. The maximum absolute atomic E-state index is 14.7. The molecular formula is C34H42O10. The van der Waals surface area contributed by atoms with E-state index in [0.29, 0.717) is 18.4 Å². The number of esters is 4. The van der Waals surface area contributed by atoms with Crippen LogP contribution in [-0.4, -0.2) is 49.0 Å². The molecule has 1 aliphatic heterocycles. The summed E-state index contributed by atoms with van der Waals surface area (Å²) in [4.78, 5) is 66.9. The van der Waals surface area contributed by atoms with Crippen molar-refractivity contribution < 1.29 is 47.3 Å². The highest BCUT2D eigenvalue weighted by molar-refractivity contribution is 5.95. The van der Waals surface area contributed by atoms with Crippen molar-refractivity contribution in [1.82, 2.24) is 0 Å². The lowest BCUT2D eigenvalue weighted by atomic mass is 9.40. The zero-order chi connectivity index (χ0) is 32.4. The van der Waals surface area contributed by atoms with Crippen LogP contribution in [0.1, 0.15) is 79.4 Å². The van der Waals surface area contributed by atoms with Crippen molar-refractivity contribution in [2.24, 2.45) is 39.9 Å². The van der Waals surface area contributed by atoms with Crippen molar-refractivity contribution in [2.75, 3.05) is 7.11 Å². The maximum atomic E-state index is 14.7. The third-order valence-electron chi connectivity index (χ3n) is 11.1. The first-order valence-electron chi connectivity index (χ1n) is 15.2. The van der Waals surface area contributed by atoms with Crippen LogP contribution in [0, 0.1) is 39.9 Å². The highest BCUT2D eigenvalue weighted by atomic mass is 16.6. The van der Waals surface area contributed by atoms with E-state index in [2.05, 4.69) is 6.92 Å². The molecule has 10 nitrogen and oxygen atoms in total. The second kappa shape index (κ2) is 11.0. The number of Topliss-reactive ketones (excluding diaryl/α,β-unsaturated/α-hetero) is 1. The molecule has 1 aromatic heterocycles.